The first-order valence-electron chi connectivity index (χ1n) is 3.02. The molecule has 0 saturated heterocycles. The minimum Gasteiger partial charge on any atom is -0.384 e. The first-order chi connectivity index (χ1) is 5.27. The van der Waals surface area contributed by atoms with E-state index in [1.165, 1.54) is 0 Å². The number of rotatable bonds is 0. The SMILES string of the molecule is Nc1ccn2c(Br)cnc2n1. The van der Waals surface area contributed by atoms with Crippen LogP contribution in [0.15, 0.2) is 23.1 Å². The third-order valence-electron chi connectivity index (χ3n) is 1.36. The first-order valence-corrected chi connectivity index (χ1v) is 3.82. The quantitative estimate of drug-likeness (QED) is 0.712. The Labute approximate surface area is 71.2 Å². The lowest BCUT2D eigenvalue weighted by Crippen LogP contribution is -1.93. The molecule has 0 radical (unpaired) electrons. The molecule has 5 heteroatoms. The van der Waals surface area contributed by atoms with Crippen LogP contribution >= 0.6 is 15.9 Å². The first kappa shape index (κ1) is 6.60. The van der Waals surface area contributed by atoms with Gasteiger partial charge < -0.3 is 5.73 Å². The molecule has 0 aromatic carbocycles. The van der Waals surface area contributed by atoms with Crippen molar-refractivity contribution < 1.29 is 0 Å². The number of fused-ring (bicyclic) bond motifs is 1. The summed E-state index contributed by atoms with van der Waals surface area (Å²) in [5.41, 5.74) is 5.45. The Morgan fingerprint density at radius 1 is 1.55 bits per heavy atom. The van der Waals surface area contributed by atoms with Crippen molar-refractivity contribution in [3.8, 4) is 0 Å². The van der Waals surface area contributed by atoms with E-state index in [4.69, 9.17) is 5.73 Å². The molecule has 0 atom stereocenters. The highest BCUT2D eigenvalue weighted by Gasteiger charge is 1.99. The molecule has 2 aromatic heterocycles. The number of anilines is 1. The van der Waals surface area contributed by atoms with E-state index in [0.29, 0.717) is 11.6 Å². The molecular weight excluding hydrogens is 208 g/mol. The number of imidazole rings is 1. The molecule has 0 aliphatic heterocycles. The van der Waals surface area contributed by atoms with Crippen LogP contribution < -0.4 is 5.73 Å². The highest BCUT2D eigenvalue weighted by molar-refractivity contribution is 9.10. The zero-order chi connectivity index (χ0) is 7.84. The van der Waals surface area contributed by atoms with Gasteiger partial charge in [0.1, 0.15) is 10.4 Å². The highest BCUT2D eigenvalue weighted by atomic mass is 79.9. The van der Waals surface area contributed by atoms with Crippen LogP contribution in [0.25, 0.3) is 5.78 Å². The van der Waals surface area contributed by atoms with Gasteiger partial charge in [-0.3, -0.25) is 4.40 Å². The van der Waals surface area contributed by atoms with Gasteiger partial charge in [-0.15, -0.1) is 0 Å². The molecule has 0 aliphatic rings. The maximum absolute atomic E-state index is 5.45. The summed E-state index contributed by atoms with van der Waals surface area (Å²) in [6, 6.07) is 1.72. The zero-order valence-electron chi connectivity index (χ0n) is 5.53. The van der Waals surface area contributed by atoms with Gasteiger partial charge in [0.25, 0.3) is 0 Å². The molecule has 0 fully saturated rings. The normalized spacial score (nSPS) is 10.6. The molecule has 0 spiro atoms. The molecule has 56 valence electrons. The van der Waals surface area contributed by atoms with Gasteiger partial charge in [-0.25, -0.2) is 4.98 Å². The lowest BCUT2D eigenvalue weighted by Gasteiger charge is -1.93. The molecular formula is C6H5BrN4. The van der Waals surface area contributed by atoms with Crippen molar-refractivity contribution in [1.29, 1.82) is 0 Å². The average Bonchev–Trinajstić information content (AvgIpc) is 2.32. The van der Waals surface area contributed by atoms with Gasteiger partial charge in [-0.2, -0.15) is 4.98 Å². The number of halogens is 1. The molecule has 0 saturated carbocycles. The molecule has 2 rings (SSSR count). The lowest BCUT2D eigenvalue weighted by molar-refractivity contribution is 1.09. The fraction of sp³-hybridized carbons (Fsp3) is 0. The molecule has 0 unspecified atom stereocenters. The monoisotopic (exact) mass is 212 g/mol. The summed E-state index contributed by atoms with van der Waals surface area (Å²) in [7, 11) is 0. The van der Waals surface area contributed by atoms with Crippen LogP contribution in [0.2, 0.25) is 0 Å². The van der Waals surface area contributed by atoms with Crippen LogP contribution in [0.5, 0.6) is 0 Å². The maximum atomic E-state index is 5.45. The predicted molar refractivity (Wildman–Crippen MR) is 45.1 cm³/mol. The van der Waals surface area contributed by atoms with E-state index in [2.05, 4.69) is 25.9 Å². The number of nitrogen functional groups attached to an aromatic ring is 1. The fourth-order valence-electron chi connectivity index (χ4n) is 0.855. The Kier molecular flexibility index (Phi) is 1.32. The van der Waals surface area contributed by atoms with Gasteiger partial charge in [0.15, 0.2) is 0 Å². The van der Waals surface area contributed by atoms with E-state index >= 15 is 0 Å². The van der Waals surface area contributed by atoms with Crippen LogP contribution in [0, 0.1) is 0 Å². The zero-order valence-corrected chi connectivity index (χ0v) is 7.12. The van der Waals surface area contributed by atoms with Crippen LogP contribution in [0.1, 0.15) is 0 Å². The summed E-state index contributed by atoms with van der Waals surface area (Å²) in [5, 5.41) is 0. The molecule has 2 N–H and O–H groups in total. The Hall–Kier alpha value is -1.10. The van der Waals surface area contributed by atoms with Crippen molar-refractivity contribution in [2.75, 3.05) is 5.73 Å². The molecule has 0 amide bonds. The van der Waals surface area contributed by atoms with Gasteiger partial charge in [0.05, 0.1) is 6.20 Å². The largest absolute Gasteiger partial charge is 0.384 e. The third-order valence-corrected chi connectivity index (χ3v) is 1.94. The van der Waals surface area contributed by atoms with E-state index in [0.717, 1.165) is 4.60 Å². The van der Waals surface area contributed by atoms with E-state index in [9.17, 15) is 0 Å². The number of hydrogen-bond acceptors (Lipinski definition) is 3. The van der Waals surface area contributed by atoms with Gasteiger partial charge in [0.2, 0.25) is 5.78 Å². The number of hydrogen-bond donors (Lipinski definition) is 1. The van der Waals surface area contributed by atoms with Crippen molar-refractivity contribution in [1.82, 2.24) is 14.4 Å². The summed E-state index contributed by atoms with van der Waals surface area (Å²) in [5.74, 6) is 1.09. The molecule has 0 bridgehead atoms. The molecule has 2 heterocycles. The van der Waals surface area contributed by atoms with E-state index in [-0.39, 0.29) is 0 Å². The Balaban J connectivity index is 2.86. The Bertz CT molecular complexity index is 394. The van der Waals surface area contributed by atoms with Crippen LogP contribution in [-0.2, 0) is 0 Å². The Morgan fingerprint density at radius 3 is 3.18 bits per heavy atom. The van der Waals surface area contributed by atoms with Crippen LogP contribution in [-0.4, -0.2) is 14.4 Å². The average molecular weight is 213 g/mol. The minimum absolute atomic E-state index is 0.482. The molecule has 2 aromatic rings. The van der Waals surface area contributed by atoms with Crippen LogP contribution in [0.4, 0.5) is 5.82 Å². The summed E-state index contributed by atoms with van der Waals surface area (Å²) in [4.78, 5) is 8.00. The van der Waals surface area contributed by atoms with Crippen molar-refractivity contribution in [2.24, 2.45) is 0 Å². The smallest absolute Gasteiger partial charge is 0.236 e. The molecule has 11 heavy (non-hydrogen) atoms. The van der Waals surface area contributed by atoms with Crippen molar-refractivity contribution in [3.63, 3.8) is 0 Å². The van der Waals surface area contributed by atoms with Crippen molar-refractivity contribution in [2.45, 2.75) is 0 Å². The summed E-state index contributed by atoms with van der Waals surface area (Å²) < 4.78 is 2.68. The lowest BCUT2D eigenvalue weighted by atomic mass is 10.6. The summed E-state index contributed by atoms with van der Waals surface area (Å²) >= 11 is 3.31. The second-order valence-corrected chi connectivity index (χ2v) is 2.92. The van der Waals surface area contributed by atoms with Gasteiger partial charge in [0, 0.05) is 6.20 Å². The van der Waals surface area contributed by atoms with E-state index in [1.807, 2.05) is 6.20 Å². The van der Waals surface area contributed by atoms with Crippen molar-refractivity contribution in [3.05, 3.63) is 23.1 Å². The second kappa shape index (κ2) is 2.20. The number of nitrogens with zero attached hydrogens (tertiary/aromatic N) is 3. The number of nitrogens with two attached hydrogens (primary N) is 1. The predicted octanol–water partition coefficient (Wildman–Crippen LogP) is 1.07. The summed E-state index contributed by atoms with van der Waals surface area (Å²) in [6.07, 6.45) is 3.50. The van der Waals surface area contributed by atoms with E-state index < -0.39 is 0 Å². The third kappa shape index (κ3) is 0.970. The minimum atomic E-state index is 0.482. The molecule has 0 aliphatic carbocycles. The second-order valence-electron chi connectivity index (χ2n) is 2.10. The van der Waals surface area contributed by atoms with Crippen LogP contribution in [0.3, 0.4) is 0 Å². The summed E-state index contributed by atoms with van der Waals surface area (Å²) in [6.45, 7) is 0. The van der Waals surface area contributed by atoms with Crippen molar-refractivity contribution >= 4 is 27.5 Å². The van der Waals surface area contributed by atoms with Gasteiger partial charge in [-0.1, -0.05) is 0 Å². The Morgan fingerprint density at radius 2 is 2.36 bits per heavy atom. The maximum Gasteiger partial charge on any atom is 0.236 e. The highest BCUT2D eigenvalue weighted by Crippen LogP contribution is 2.11. The topological polar surface area (TPSA) is 56.2 Å². The molecule has 4 nitrogen and oxygen atoms in total. The van der Waals surface area contributed by atoms with E-state index in [1.54, 1.807) is 16.7 Å². The standard InChI is InChI=1S/C6H5BrN4/c7-4-3-9-6-10-5(8)1-2-11(4)6/h1-3H,(H2,8,9,10). The van der Waals surface area contributed by atoms with Gasteiger partial charge >= 0.3 is 0 Å². The fourth-order valence-corrected chi connectivity index (χ4v) is 1.23. The van der Waals surface area contributed by atoms with Gasteiger partial charge in [-0.05, 0) is 22.0 Å². The number of aromatic nitrogens is 3.